The molecule has 19 heavy (non-hydrogen) atoms. The Morgan fingerprint density at radius 1 is 1.11 bits per heavy atom. The van der Waals surface area contributed by atoms with E-state index in [0.29, 0.717) is 5.39 Å². The minimum absolute atomic E-state index is 0.0106. The zero-order valence-electron chi connectivity index (χ0n) is 9.45. The first-order valence-electron chi connectivity index (χ1n) is 5.48. The van der Waals surface area contributed by atoms with Crippen LogP contribution in [-0.4, -0.2) is 17.2 Å². The number of anilines is 1. The van der Waals surface area contributed by atoms with Crippen LogP contribution in [0.15, 0.2) is 36.4 Å². The number of hydrogen-bond acceptors (Lipinski definition) is 2. The molecule has 0 unspecified atom stereocenters. The minimum Gasteiger partial charge on any atom is -0.368 e. The summed E-state index contributed by atoms with van der Waals surface area (Å²) in [5.74, 6) is -1.47. The highest BCUT2D eigenvalue weighted by atomic mass is 19.4. The van der Waals surface area contributed by atoms with E-state index < -0.39 is 23.2 Å². The van der Waals surface area contributed by atoms with Gasteiger partial charge in [-0.25, -0.2) is 0 Å². The predicted octanol–water partition coefficient (Wildman–Crippen LogP) is 2.54. The van der Waals surface area contributed by atoms with E-state index in [0.717, 1.165) is 0 Å². The second-order valence-electron chi connectivity index (χ2n) is 4.37. The van der Waals surface area contributed by atoms with Crippen molar-refractivity contribution >= 4 is 22.4 Å². The van der Waals surface area contributed by atoms with E-state index in [2.05, 4.69) is 5.32 Å². The van der Waals surface area contributed by atoms with Gasteiger partial charge in [0.1, 0.15) is 0 Å². The molecule has 1 aliphatic heterocycles. The fraction of sp³-hybridized carbons (Fsp3) is 0.154. The molecule has 0 aliphatic carbocycles. The Hall–Kier alpha value is -2.08. The Balaban J connectivity index is 2.42. The smallest absolute Gasteiger partial charge is 0.368 e. The summed E-state index contributed by atoms with van der Waals surface area (Å²) in [6.45, 7) is 0. The zero-order valence-corrected chi connectivity index (χ0v) is 9.45. The van der Waals surface area contributed by atoms with Gasteiger partial charge in [0.05, 0.1) is 0 Å². The molecular formula is C13H8F3NO2. The van der Waals surface area contributed by atoms with Crippen molar-refractivity contribution < 1.29 is 23.1 Å². The number of carbonyl (C=O) groups is 1. The number of amides is 1. The van der Waals surface area contributed by atoms with Crippen LogP contribution in [0, 0.1) is 0 Å². The Morgan fingerprint density at radius 3 is 2.47 bits per heavy atom. The van der Waals surface area contributed by atoms with E-state index in [-0.39, 0.29) is 11.1 Å². The number of carbonyl (C=O) groups excluding carboxylic acids is 1. The van der Waals surface area contributed by atoms with Gasteiger partial charge in [-0.3, -0.25) is 4.79 Å². The molecule has 0 spiro atoms. The van der Waals surface area contributed by atoms with Crippen LogP contribution in [0.25, 0.3) is 10.8 Å². The van der Waals surface area contributed by atoms with Gasteiger partial charge in [0.25, 0.3) is 11.5 Å². The van der Waals surface area contributed by atoms with Crippen molar-refractivity contribution in [1.29, 1.82) is 0 Å². The summed E-state index contributed by atoms with van der Waals surface area (Å²) in [5, 5.41) is 12.7. The highest BCUT2D eigenvalue weighted by Gasteiger charge is 2.65. The van der Waals surface area contributed by atoms with Crippen LogP contribution in [0.1, 0.15) is 5.56 Å². The second-order valence-corrected chi connectivity index (χ2v) is 4.37. The highest BCUT2D eigenvalue weighted by molar-refractivity contribution is 6.11. The number of nitrogens with one attached hydrogen (secondary N) is 1. The topological polar surface area (TPSA) is 49.3 Å². The maximum Gasteiger partial charge on any atom is 0.430 e. The number of halogens is 3. The Morgan fingerprint density at radius 2 is 1.79 bits per heavy atom. The summed E-state index contributed by atoms with van der Waals surface area (Å²) < 4.78 is 39.3. The molecule has 2 aromatic rings. The number of alkyl halides is 3. The standard InChI is InChI=1S/C13H8F3NO2/c14-13(15,16)12(19)10-8-4-2-1-3-7(8)5-6-9(10)17-11(12)18/h1-6,19H,(H,17,18)/t12-/m1/s1. The number of fused-ring (bicyclic) bond motifs is 3. The van der Waals surface area contributed by atoms with E-state index in [1.165, 1.54) is 12.1 Å². The van der Waals surface area contributed by atoms with Gasteiger partial charge in [-0.1, -0.05) is 30.3 Å². The molecule has 2 aromatic carbocycles. The van der Waals surface area contributed by atoms with Crippen LogP contribution in [-0.2, 0) is 10.4 Å². The third kappa shape index (κ3) is 1.40. The van der Waals surface area contributed by atoms with Crippen LogP contribution < -0.4 is 5.32 Å². The number of aliphatic hydroxyl groups is 1. The first kappa shape index (κ1) is 12.0. The first-order chi connectivity index (χ1) is 8.85. The van der Waals surface area contributed by atoms with E-state index in [1.807, 2.05) is 0 Å². The lowest BCUT2D eigenvalue weighted by molar-refractivity contribution is -0.251. The summed E-state index contributed by atoms with van der Waals surface area (Å²) >= 11 is 0. The van der Waals surface area contributed by atoms with Gasteiger partial charge in [0.15, 0.2) is 0 Å². The largest absolute Gasteiger partial charge is 0.430 e. The van der Waals surface area contributed by atoms with Crippen LogP contribution in [0.3, 0.4) is 0 Å². The highest BCUT2D eigenvalue weighted by Crippen LogP contribution is 2.49. The van der Waals surface area contributed by atoms with E-state index in [4.69, 9.17) is 0 Å². The lowest BCUT2D eigenvalue weighted by atomic mass is 9.90. The molecule has 0 aromatic heterocycles. The Bertz CT molecular complexity index is 696. The van der Waals surface area contributed by atoms with E-state index in [9.17, 15) is 23.1 Å². The number of rotatable bonds is 0. The molecule has 1 atom stereocenters. The van der Waals surface area contributed by atoms with Gasteiger partial charge in [-0.2, -0.15) is 13.2 Å². The maximum atomic E-state index is 13.1. The summed E-state index contributed by atoms with van der Waals surface area (Å²) in [6.07, 6.45) is -5.08. The SMILES string of the molecule is O=C1Nc2ccc3ccccc3c2[C@]1(O)C(F)(F)F. The molecule has 98 valence electrons. The zero-order chi connectivity index (χ0) is 13.8. The summed E-state index contributed by atoms with van der Waals surface area (Å²) in [7, 11) is 0. The van der Waals surface area contributed by atoms with E-state index in [1.54, 1.807) is 24.3 Å². The van der Waals surface area contributed by atoms with Gasteiger partial charge in [-0.15, -0.1) is 0 Å². The lowest BCUT2D eigenvalue weighted by Crippen LogP contribution is -2.47. The molecule has 0 radical (unpaired) electrons. The normalized spacial score (nSPS) is 22.4. The van der Waals surface area contributed by atoms with Crippen molar-refractivity contribution in [2.75, 3.05) is 5.32 Å². The van der Waals surface area contributed by atoms with Gasteiger partial charge >= 0.3 is 6.18 Å². The number of benzene rings is 2. The summed E-state index contributed by atoms with van der Waals surface area (Å²) in [6, 6.07) is 9.25. The first-order valence-corrected chi connectivity index (χ1v) is 5.48. The summed E-state index contributed by atoms with van der Waals surface area (Å²) in [4.78, 5) is 11.6. The van der Waals surface area contributed by atoms with Crippen molar-refractivity contribution in [1.82, 2.24) is 0 Å². The lowest BCUT2D eigenvalue weighted by Gasteiger charge is -2.24. The fourth-order valence-corrected chi connectivity index (χ4v) is 2.36. The fourth-order valence-electron chi connectivity index (χ4n) is 2.36. The van der Waals surface area contributed by atoms with Crippen molar-refractivity contribution in [3.05, 3.63) is 42.0 Å². The molecule has 2 N–H and O–H groups in total. The maximum absolute atomic E-state index is 13.1. The van der Waals surface area contributed by atoms with Gasteiger partial charge < -0.3 is 10.4 Å². The predicted molar refractivity (Wildman–Crippen MR) is 62.5 cm³/mol. The molecule has 1 aliphatic rings. The van der Waals surface area contributed by atoms with E-state index >= 15 is 0 Å². The molecule has 0 saturated carbocycles. The average Bonchev–Trinajstić information content (AvgIpc) is 2.62. The molecule has 1 heterocycles. The minimum atomic E-state index is -5.08. The molecule has 0 saturated heterocycles. The molecule has 3 nitrogen and oxygen atoms in total. The molecule has 0 fully saturated rings. The van der Waals surface area contributed by atoms with Crippen molar-refractivity contribution in [3.8, 4) is 0 Å². The third-order valence-corrected chi connectivity index (χ3v) is 3.28. The Labute approximate surface area is 105 Å². The van der Waals surface area contributed by atoms with Crippen LogP contribution in [0.4, 0.5) is 18.9 Å². The van der Waals surface area contributed by atoms with Crippen molar-refractivity contribution in [2.45, 2.75) is 11.8 Å². The molecular weight excluding hydrogens is 259 g/mol. The second kappa shape index (κ2) is 3.48. The van der Waals surface area contributed by atoms with Crippen LogP contribution in [0.2, 0.25) is 0 Å². The van der Waals surface area contributed by atoms with Crippen molar-refractivity contribution in [3.63, 3.8) is 0 Å². The van der Waals surface area contributed by atoms with Gasteiger partial charge in [-0.05, 0) is 16.8 Å². The molecule has 3 rings (SSSR count). The average molecular weight is 267 g/mol. The monoisotopic (exact) mass is 267 g/mol. The van der Waals surface area contributed by atoms with Crippen LogP contribution in [0.5, 0.6) is 0 Å². The van der Waals surface area contributed by atoms with Crippen molar-refractivity contribution in [2.24, 2.45) is 0 Å². The van der Waals surface area contributed by atoms with Gasteiger partial charge in [0, 0.05) is 11.3 Å². The summed E-state index contributed by atoms with van der Waals surface area (Å²) in [5.41, 5.74) is -3.94. The Kier molecular flexibility index (Phi) is 2.19. The molecule has 1 amide bonds. The van der Waals surface area contributed by atoms with Crippen LogP contribution >= 0.6 is 0 Å². The number of hydrogen-bond donors (Lipinski definition) is 2. The van der Waals surface area contributed by atoms with Gasteiger partial charge in [0.2, 0.25) is 0 Å². The molecule has 0 bridgehead atoms. The molecule has 6 heteroatoms. The third-order valence-electron chi connectivity index (χ3n) is 3.28. The quantitative estimate of drug-likeness (QED) is 0.770.